The van der Waals surface area contributed by atoms with Gasteiger partial charge in [-0.3, -0.25) is 15.0 Å². The van der Waals surface area contributed by atoms with Crippen molar-refractivity contribution in [3.05, 3.63) is 94.5 Å². The quantitative estimate of drug-likeness (QED) is 0.461. The number of nitrogens with one attached hydrogen (secondary N) is 1. The largest absolute Gasteiger partial charge is 0.493 e. The molecular weight excluding hydrogens is 416 g/mol. The van der Waals surface area contributed by atoms with Crippen molar-refractivity contribution in [2.24, 2.45) is 0 Å². The molecule has 1 N–H and O–H groups in total. The van der Waals surface area contributed by atoms with Crippen molar-refractivity contribution in [1.29, 1.82) is 0 Å². The second kappa shape index (κ2) is 8.93. The number of carbonyl (C=O) groups excluding carboxylic acids is 2. The van der Waals surface area contributed by atoms with Gasteiger partial charge in [0.05, 0.1) is 12.8 Å². The summed E-state index contributed by atoms with van der Waals surface area (Å²) in [5.41, 5.74) is 4.78. The highest BCUT2D eigenvalue weighted by Gasteiger charge is 2.34. The Labute approximate surface area is 184 Å². The maximum Gasteiger partial charge on any atom is 0.282 e. The Morgan fingerprint density at radius 2 is 1.71 bits per heavy atom. The van der Waals surface area contributed by atoms with Crippen LogP contribution in [-0.4, -0.2) is 18.9 Å². The summed E-state index contributed by atoms with van der Waals surface area (Å²) in [6, 6.07) is 21.6. The van der Waals surface area contributed by atoms with Gasteiger partial charge in [0.25, 0.3) is 11.8 Å². The first kappa shape index (κ1) is 20.5. The molecule has 0 aromatic heterocycles. The number of benzene rings is 3. The minimum absolute atomic E-state index is 0.0231. The minimum atomic E-state index is -0.483. The van der Waals surface area contributed by atoms with Gasteiger partial charge in [-0.05, 0) is 53.6 Å². The molecule has 1 saturated heterocycles. The summed E-state index contributed by atoms with van der Waals surface area (Å²) >= 11 is 5.89. The monoisotopic (exact) mass is 434 g/mol. The average molecular weight is 435 g/mol. The van der Waals surface area contributed by atoms with Crippen LogP contribution in [0.1, 0.15) is 11.1 Å². The van der Waals surface area contributed by atoms with Crippen molar-refractivity contribution in [3.63, 3.8) is 0 Å². The molecule has 7 heteroatoms. The number of carbonyl (C=O) groups is 2. The van der Waals surface area contributed by atoms with E-state index in [0.29, 0.717) is 34.4 Å². The Morgan fingerprint density at radius 1 is 0.968 bits per heavy atom. The van der Waals surface area contributed by atoms with Gasteiger partial charge < -0.3 is 9.47 Å². The number of methoxy groups -OCH3 is 1. The summed E-state index contributed by atoms with van der Waals surface area (Å²) in [5, 5.41) is 1.73. The first-order chi connectivity index (χ1) is 15.0. The molecule has 1 heterocycles. The van der Waals surface area contributed by atoms with Crippen LogP contribution < -0.4 is 19.9 Å². The van der Waals surface area contributed by atoms with Gasteiger partial charge in [0, 0.05) is 5.02 Å². The topological polar surface area (TPSA) is 67.9 Å². The van der Waals surface area contributed by atoms with E-state index in [9.17, 15) is 9.59 Å². The summed E-state index contributed by atoms with van der Waals surface area (Å²) in [6.07, 6.45) is 1.52. The van der Waals surface area contributed by atoms with Crippen LogP contribution in [0, 0.1) is 0 Å². The Morgan fingerprint density at radius 3 is 2.42 bits per heavy atom. The predicted molar refractivity (Wildman–Crippen MR) is 119 cm³/mol. The third-order valence-corrected chi connectivity index (χ3v) is 4.96. The fourth-order valence-corrected chi connectivity index (χ4v) is 3.25. The van der Waals surface area contributed by atoms with Crippen molar-refractivity contribution in [3.8, 4) is 11.5 Å². The van der Waals surface area contributed by atoms with Crippen LogP contribution in [0.3, 0.4) is 0 Å². The molecule has 0 bridgehead atoms. The van der Waals surface area contributed by atoms with Crippen molar-refractivity contribution in [2.45, 2.75) is 6.61 Å². The summed E-state index contributed by atoms with van der Waals surface area (Å²) in [6.45, 7) is 0.397. The normalized spacial score (nSPS) is 14.6. The molecule has 156 valence electrons. The van der Waals surface area contributed by atoms with Crippen molar-refractivity contribution in [2.75, 3.05) is 12.1 Å². The Balaban J connectivity index is 1.54. The van der Waals surface area contributed by atoms with Crippen LogP contribution in [0.4, 0.5) is 5.69 Å². The highest BCUT2D eigenvalue weighted by atomic mass is 35.5. The number of amides is 2. The third kappa shape index (κ3) is 4.54. The van der Waals surface area contributed by atoms with E-state index in [-0.39, 0.29) is 5.57 Å². The lowest BCUT2D eigenvalue weighted by Gasteiger charge is -2.14. The van der Waals surface area contributed by atoms with Gasteiger partial charge in [-0.1, -0.05) is 48.0 Å². The van der Waals surface area contributed by atoms with Gasteiger partial charge in [-0.2, -0.15) is 0 Å². The van der Waals surface area contributed by atoms with E-state index in [1.54, 1.807) is 42.5 Å². The van der Waals surface area contributed by atoms with Crippen molar-refractivity contribution in [1.82, 2.24) is 5.43 Å². The lowest BCUT2D eigenvalue weighted by molar-refractivity contribution is -0.117. The number of rotatable bonds is 6. The number of hydrogen-bond donors (Lipinski definition) is 1. The predicted octanol–water partition coefficient (Wildman–Crippen LogP) is 4.39. The van der Waals surface area contributed by atoms with Gasteiger partial charge in [0.15, 0.2) is 11.5 Å². The molecule has 0 aliphatic carbocycles. The van der Waals surface area contributed by atoms with E-state index in [4.69, 9.17) is 21.1 Å². The van der Waals surface area contributed by atoms with Crippen LogP contribution in [0.25, 0.3) is 6.08 Å². The molecule has 4 rings (SSSR count). The first-order valence-corrected chi connectivity index (χ1v) is 9.90. The van der Waals surface area contributed by atoms with Crippen molar-refractivity contribution < 1.29 is 19.1 Å². The number of nitrogens with zero attached hydrogens (tertiary/aromatic N) is 1. The molecule has 1 fully saturated rings. The molecule has 1 aliphatic heterocycles. The Bertz CT molecular complexity index is 1140. The molecule has 3 aromatic carbocycles. The van der Waals surface area contributed by atoms with Gasteiger partial charge in [-0.25, -0.2) is 5.01 Å². The van der Waals surface area contributed by atoms with E-state index >= 15 is 0 Å². The van der Waals surface area contributed by atoms with Crippen molar-refractivity contribution >= 4 is 35.2 Å². The molecule has 6 nitrogen and oxygen atoms in total. The molecule has 31 heavy (non-hydrogen) atoms. The second-order valence-corrected chi connectivity index (χ2v) is 7.24. The Kier molecular flexibility index (Phi) is 5.91. The number of halogens is 1. The number of hydrazine groups is 1. The van der Waals surface area contributed by atoms with Crippen LogP contribution in [-0.2, 0) is 16.2 Å². The number of ether oxygens (including phenoxy) is 2. The van der Waals surface area contributed by atoms with E-state index < -0.39 is 11.8 Å². The molecule has 0 unspecified atom stereocenters. The van der Waals surface area contributed by atoms with E-state index in [0.717, 1.165) is 5.56 Å². The fourth-order valence-electron chi connectivity index (χ4n) is 3.12. The van der Waals surface area contributed by atoms with E-state index in [1.165, 1.54) is 18.2 Å². The third-order valence-electron chi connectivity index (χ3n) is 4.71. The van der Waals surface area contributed by atoms with Gasteiger partial charge in [-0.15, -0.1) is 0 Å². The van der Waals surface area contributed by atoms with E-state index in [1.807, 2.05) is 30.3 Å². The van der Waals surface area contributed by atoms with E-state index in [2.05, 4.69) is 5.43 Å². The SMILES string of the molecule is COc1cc(C=C2C(=O)NN(c3ccc(Cl)cc3)C2=O)ccc1OCc1ccccc1. The molecule has 2 amide bonds. The lowest BCUT2D eigenvalue weighted by Crippen LogP contribution is -2.35. The summed E-state index contributed by atoms with van der Waals surface area (Å²) in [7, 11) is 1.54. The highest BCUT2D eigenvalue weighted by molar-refractivity contribution is 6.32. The maximum absolute atomic E-state index is 12.8. The molecule has 1 aliphatic rings. The fraction of sp³-hybridized carbons (Fsp3) is 0.0833. The summed E-state index contributed by atoms with van der Waals surface area (Å²) in [4.78, 5) is 25.2. The van der Waals surface area contributed by atoms with Crippen LogP contribution >= 0.6 is 11.6 Å². The lowest BCUT2D eigenvalue weighted by atomic mass is 10.1. The Hall–Kier alpha value is -3.77. The molecular formula is C24H19ClN2O4. The smallest absolute Gasteiger partial charge is 0.282 e. The second-order valence-electron chi connectivity index (χ2n) is 6.80. The molecule has 0 spiro atoms. The van der Waals surface area contributed by atoms with Gasteiger partial charge in [0.2, 0.25) is 0 Å². The zero-order chi connectivity index (χ0) is 21.8. The summed E-state index contributed by atoms with van der Waals surface area (Å²) < 4.78 is 11.3. The molecule has 0 radical (unpaired) electrons. The zero-order valence-electron chi connectivity index (χ0n) is 16.7. The minimum Gasteiger partial charge on any atom is -0.493 e. The van der Waals surface area contributed by atoms with Gasteiger partial charge >= 0.3 is 0 Å². The van der Waals surface area contributed by atoms with Crippen LogP contribution in [0.2, 0.25) is 5.02 Å². The molecule has 3 aromatic rings. The standard InChI is InChI=1S/C24H19ClN2O4/c1-30-22-14-17(7-12-21(22)31-15-16-5-3-2-4-6-16)13-20-23(28)26-27(24(20)29)19-10-8-18(25)9-11-19/h2-14H,15H2,1H3,(H,26,28). The van der Waals surface area contributed by atoms with Gasteiger partial charge in [0.1, 0.15) is 12.2 Å². The van der Waals surface area contributed by atoms with Crippen LogP contribution in [0.15, 0.2) is 78.4 Å². The highest BCUT2D eigenvalue weighted by Crippen LogP contribution is 2.30. The molecule has 0 saturated carbocycles. The number of anilines is 1. The molecule has 0 atom stereocenters. The number of hydrogen-bond acceptors (Lipinski definition) is 4. The zero-order valence-corrected chi connectivity index (χ0v) is 17.4. The maximum atomic E-state index is 12.8. The average Bonchev–Trinajstić information content (AvgIpc) is 3.07. The first-order valence-electron chi connectivity index (χ1n) is 9.52. The summed E-state index contributed by atoms with van der Waals surface area (Å²) in [5.74, 6) is 0.142. The van der Waals surface area contributed by atoms with Crippen LogP contribution in [0.5, 0.6) is 11.5 Å².